The van der Waals surface area contributed by atoms with Crippen LogP contribution in [0, 0.1) is 6.92 Å². The zero-order valence-electron chi connectivity index (χ0n) is 14.8. The highest BCUT2D eigenvalue weighted by Crippen LogP contribution is 2.38. The van der Waals surface area contributed by atoms with Gasteiger partial charge in [-0.2, -0.15) is 0 Å². The number of ketones is 1. The standard InChI is InChI=1S/C21H14Cl2N2OS2/c1-12-2-4-13(5-3-12)16-9-27-20-19(16)21(25-11-24-20)28-10-18(26)15-7-6-14(22)8-17(15)23/h2-9,11H,10H2,1H3. The fraction of sp³-hybridized carbons (Fsp3) is 0.0952. The number of nitrogens with zero attached hydrogens (tertiary/aromatic N) is 2. The number of Topliss-reactive ketones (excluding diaryl/α,β-unsaturated/α-hetero) is 1. The highest BCUT2D eigenvalue weighted by molar-refractivity contribution is 8.00. The number of fused-ring (bicyclic) bond motifs is 1. The van der Waals surface area contributed by atoms with Gasteiger partial charge in [-0.15, -0.1) is 11.3 Å². The number of hydrogen-bond acceptors (Lipinski definition) is 5. The Kier molecular flexibility index (Phi) is 5.69. The molecule has 4 rings (SSSR count). The topological polar surface area (TPSA) is 42.9 Å². The van der Waals surface area contributed by atoms with Gasteiger partial charge < -0.3 is 0 Å². The van der Waals surface area contributed by atoms with Crippen LogP contribution in [-0.2, 0) is 0 Å². The lowest BCUT2D eigenvalue weighted by Gasteiger charge is -2.07. The molecule has 3 nitrogen and oxygen atoms in total. The summed E-state index contributed by atoms with van der Waals surface area (Å²) in [6.07, 6.45) is 1.54. The number of aromatic nitrogens is 2. The number of carbonyl (C=O) groups is 1. The van der Waals surface area contributed by atoms with Crippen LogP contribution in [0.2, 0.25) is 10.0 Å². The van der Waals surface area contributed by atoms with Crippen LogP contribution in [0.1, 0.15) is 15.9 Å². The van der Waals surface area contributed by atoms with E-state index in [0.717, 1.165) is 26.4 Å². The molecule has 0 radical (unpaired) electrons. The van der Waals surface area contributed by atoms with E-state index in [-0.39, 0.29) is 11.5 Å². The van der Waals surface area contributed by atoms with E-state index >= 15 is 0 Å². The minimum Gasteiger partial charge on any atom is -0.293 e. The summed E-state index contributed by atoms with van der Waals surface area (Å²) in [7, 11) is 0. The van der Waals surface area contributed by atoms with Gasteiger partial charge in [0.05, 0.1) is 16.2 Å². The molecule has 2 aromatic heterocycles. The number of hydrogen-bond donors (Lipinski definition) is 0. The van der Waals surface area contributed by atoms with Crippen molar-refractivity contribution in [1.82, 2.24) is 9.97 Å². The van der Waals surface area contributed by atoms with Crippen molar-refractivity contribution in [1.29, 1.82) is 0 Å². The summed E-state index contributed by atoms with van der Waals surface area (Å²) in [5.74, 6) is 0.168. The van der Waals surface area contributed by atoms with Crippen LogP contribution in [0.15, 0.2) is 59.2 Å². The van der Waals surface area contributed by atoms with Gasteiger partial charge in [0.15, 0.2) is 5.78 Å². The smallest absolute Gasteiger partial charge is 0.174 e. The van der Waals surface area contributed by atoms with Crippen molar-refractivity contribution in [2.24, 2.45) is 0 Å². The Balaban J connectivity index is 1.64. The zero-order valence-corrected chi connectivity index (χ0v) is 17.9. The summed E-state index contributed by atoms with van der Waals surface area (Å²) in [6, 6.07) is 13.3. The first-order valence-electron chi connectivity index (χ1n) is 8.43. The van der Waals surface area contributed by atoms with E-state index < -0.39 is 0 Å². The molecule has 0 aliphatic rings. The van der Waals surface area contributed by atoms with Crippen LogP contribution in [0.4, 0.5) is 0 Å². The second-order valence-corrected chi connectivity index (χ2v) is 8.88. The Morgan fingerprint density at radius 2 is 1.89 bits per heavy atom. The Morgan fingerprint density at radius 3 is 2.64 bits per heavy atom. The molecule has 0 spiro atoms. The largest absolute Gasteiger partial charge is 0.293 e. The minimum atomic E-state index is -0.0643. The van der Waals surface area contributed by atoms with Crippen LogP contribution in [0.3, 0.4) is 0 Å². The molecule has 140 valence electrons. The van der Waals surface area contributed by atoms with E-state index in [9.17, 15) is 4.79 Å². The normalized spacial score (nSPS) is 11.1. The molecule has 0 fully saturated rings. The Morgan fingerprint density at radius 1 is 1.11 bits per heavy atom. The van der Waals surface area contributed by atoms with Crippen molar-refractivity contribution in [2.45, 2.75) is 11.9 Å². The second kappa shape index (κ2) is 8.21. The highest BCUT2D eigenvalue weighted by atomic mass is 35.5. The number of thioether (sulfide) groups is 1. The van der Waals surface area contributed by atoms with Gasteiger partial charge in [0, 0.05) is 21.5 Å². The van der Waals surface area contributed by atoms with Crippen LogP contribution in [0.25, 0.3) is 21.3 Å². The summed E-state index contributed by atoms with van der Waals surface area (Å²) < 4.78 is 0. The molecular formula is C21H14Cl2N2OS2. The van der Waals surface area contributed by atoms with Crippen LogP contribution in [-0.4, -0.2) is 21.5 Å². The predicted octanol–water partition coefficient (Wildman–Crippen LogP) is 6.95. The van der Waals surface area contributed by atoms with Crippen molar-refractivity contribution in [3.8, 4) is 11.1 Å². The average molecular weight is 445 g/mol. The lowest BCUT2D eigenvalue weighted by atomic mass is 10.1. The molecule has 4 aromatic rings. The monoisotopic (exact) mass is 444 g/mol. The highest BCUT2D eigenvalue weighted by Gasteiger charge is 2.16. The molecule has 0 amide bonds. The van der Waals surface area contributed by atoms with Gasteiger partial charge in [0.1, 0.15) is 16.2 Å². The van der Waals surface area contributed by atoms with Crippen molar-refractivity contribution in [2.75, 3.05) is 5.75 Å². The first-order valence-corrected chi connectivity index (χ1v) is 11.1. The first-order chi connectivity index (χ1) is 13.5. The molecule has 0 N–H and O–H groups in total. The molecule has 2 heterocycles. The molecule has 28 heavy (non-hydrogen) atoms. The van der Waals surface area contributed by atoms with Gasteiger partial charge in [-0.3, -0.25) is 4.79 Å². The fourth-order valence-electron chi connectivity index (χ4n) is 2.83. The lowest BCUT2D eigenvalue weighted by molar-refractivity contribution is 0.102. The molecule has 0 saturated carbocycles. The van der Waals surface area contributed by atoms with Crippen molar-refractivity contribution >= 4 is 62.3 Å². The van der Waals surface area contributed by atoms with Gasteiger partial charge in [0.2, 0.25) is 0 Å². The van der Waals surface area contributed by atoms with Gasteiger partial charge in [-0.05, 0) is 30.7 Å². The van der Waals surface area contributed by atoms with E-state index in [0.29, 0.717) is 15.6 Å². The summed E-state index contributed by atoms with van der Waals surface area (Å²) in [4.78, 5) is 22.4. The molecule has 0 aliphatic heterocycles. The van der Waals surface area contributed by atoms with E-state index in [1.807, 2.05) is 0 Å². The summed E-state index contributed by atoms with van der Waals surface area (Å²) >= 11 is 15.1. The maximum Gasteiger partial charge on any atom is 0.174 e. The second-order valence-electron chi connectivity index (χ2n) is 6.21. The summed E-state index contributed by atoms with van der Waals surface area (Å²) in [5, 5.41) is 4.73. The molecule has 0 bridgehead atoms. The maximum absolute atomic E-state index is 12.6. The Bertz CT molecular complexity index is 1170. The molecule has 0 unspecified atom stereocenters. The Hall–Kier alpha value is -1.92. The molecule has 2 aromatic carbocycles. The van der Waals surface area contributed by atoms with Crippen LogP contribution < -0.4 is 0 Å². The van der Waals surface area contributed by atoms with Gasteiger partial charge in [-0.1, -0.05) is 64.8 Å². The zero-order chi connectivity index (χ0) is 19.7. The average Bonchev–Trinajstić information content (AvgIpc) is 3.11. The number of thiophene rings is 1. The molecule has 0 saturated heterocycles. The fourth-order valence-corrected chi connectivity index (χ4v) is 5.22. The number of aryl methyl sites for hydroxylation is 1. The third-order valence-corrected chi connectivity index (χ3v) is 6.69. The number of halogens is 2. The quantitative estimate of drug-likeness (QED) is 0.189. The van der Waals surface area contributed by atoms with E-state index in [2.05, 4.69) is 46.5 Å². The third-order valence-electron chi connectivity index (χ3n) is 4.27. The number of benzene rings is 2. The van der Waals surface area contributed by atoms with Gasteiger partial charge in [-0.25, -0.2) is 9.97 Å². The van der Waals surface area contributed by atoms with Gasteiger partial charge >= 0.3 is 0 Å². The van der Waals surface area contributed by atoms with E-state index in [1.54, 1.807) is 35.9 Å². The van der Waals surface area contributed by atoms with Crippen molar-refractivity contribution in [3.05, 3.63) is 75.3 Å². The van der Waals surface area contributed by atoms with E-state index in [1.165, 1.54) is 17.3 Å². The van der Waals surface area contributed by atoms with Crippen molar-refractivity contribution < 1.29 is 4.79 Å². The number of rotatable bonds is 5. The SMILES string of the molecule is Cc1ccc(-c2csc3ncnc(SCC(=O)c4ccc(Cl)cc4Cl)c23)cc1. The Labute approximate surface area is 180 Å². The van der Waals surface area contributed by atoms with Crippen LogP contribution in [0.5, 0.6) is 0 Å². The predicted molar refractivity (Wildman–Crippen MR) is 119 cm³/mol. The van der Waals surface area contributed by atoms with Crippen molar-refractivity contribution in [3.63, 3.8) is 0 Å². The third kappa shape index (κ3) is 3.94. The molecular weight excluding hydrogens is 431 g/mol. The van der Waals surface area contributed by atoms with E-state index in [4.69, 9.17) is 23.2 Å². The number of carbonyl (C=O) groups excluding carboxylic acids is 1. The summed E-state index contributed by atoms with van der Waals surface area (Å²) in [6.45, 7) is 2.06. The van der Waals surface area contributed by atoms with Gasteiger partial charge in [0.25, 0.3) is 0 Å². The summed E-state index contributed by atoms with van der Waals surface area (Å²) in [5.41, 5.74) is 3.87. The molecule has 7 heteroatoms. The minimum absolute atomic E-state index is 0.0643. The maximum atomic E-state index is 12.6. The lowest BCUT2D eigenvalue weighted by Crippen LogP contribution is -2.03. The molecule has 0 atom stereocenters. The van der Waals surface area contributed by atoms with Crippen LogP contribution >= 0.6 is 46.3 Å². The molecule has 0 aliphatic carbocycles. The first kappa shape index (κ1) is 19.4.